The summed E-state index contributed by atoms with van der Waals surface area (Å²) in [6.45, 7) is 3.80. The molecule has 0 spiro atoms. The highest BCUT2D eigenvalue weighted by atomic mass is 16.3. The molecule has 1 atom stereocenters. The third-order valence-corrected chi connectivity index (χ3v) is 5.85. The van der Waals surface area contributed by atoms with Crippen LogP contribution in [-0.4, -0.2) is 40.0 Å². The first-order valence-electron chi connectivity index (χ1n) is 10.3. The minimum absolute atomic E-state index is 0.0302. The Bertz CT molecular complexity index is 854. The van der Waals surface area contributed by atoms with Crippen molar-refractivity contribution in [3.05, 3.63) is 40.6 Å². The van der Waals surface area contributed by atoms with E-state index in [0.29, 0.717) is 31.1 Å². The van der Waals surface area contributed by atoms with Crippen molar-refractivity contribution in [3.63, 3.8) is 0 Å². The smallest absolute Gasteiger partial charge is 0.274 e. The van der Waals surface area contributed by atoms with Crippen LogP contribution in [0.3, 0.4) is 0 Å². The number of carbonyl (C=O) groups excluding carboxylic acids is 2. The fraction of sp³-hybridized carbons (Fsp3) is 0.571. The number of fused-ring (bicyclic) bond motifs is 1. The molecule has 0 bridgehead atoms. The molecule has 2 amide bonds. The number of aromatic amines is 1. The number of amides is 2. The lowest BCUT2D eigenvalue weighted by atomic mass is 9.93. The summed E-state index contributed by atoms with van der Waals surface area (Å²) in [5, 5.41) is 10.2. The van der Waals surface area contributed by atoms with E-state index in [1.165, 1.54) is 0 Å². The van der Waals surface area contributed by atoms with Gasteiger partial charge in [0.15, 0.2) is 5.69 Å². The SMILES string of the molecule is Cc1ccc(CNC(=O)CCC2CCCN(C(=O)c3n[nH]c4c3CCC4)C2)o1. The number of rotatable bonds is 6. The molecule has 0 saturated carbocycles. The molecule has 4 rings (SSSR count). The lowest BCUT2D eigenvalue weighted by Gasteiger charge is -2.32. The monoisotopic (exact) mass is 384 g/mol. The van der Waals surface area contributed by atoms with Crippen LogP contribution < -0.4 is 5.32 Å². The van der Waals surface area contributed by atoms with Crippen molar-refractivity contribution in [3.8, 4) is 0 Å². The molecule has 150 valence electrons. The van der Waals surface area contributed by atoms with Gasteiger partial charge in [0.05, 0.1) is 6.54 Å². The average molecular weight is 384 g/mol. The van der Waals surface area contributed by atoms with Crippen LogP contribution in [0.25, 0.3) is 0 Å². The van der Waals surface area contributed by atoms with Gasteiger partial charge in [0.1, 0.15) is 11.5 Å². The molecular formula is C21H28N4O3. The Kier molecular flexibility index (Phi) is 5.50. The molecule has 2 aliphatic rings. The first-order chi connectivity index (χ1) is 13.6. The van der Waals surface area contributed by atoms with Crippen LogP contribution in [0, 0.1) is 12.8 Å². The Morgan fingerprint density at radius 3 is 3.04 bits per heavy atom. The lowest BCUT2D eigenvalue weighted by Crippen LogP contribution is -2.40. The van der Waals surface area contributed by atoms with E-state index in [2.05, 4.69) is 15.5 Å². The Balaban J connectivity index is 1.25. The van der Waals surface area contributed by atoms with Gasteiger partial charge in [-0.3, -0.25) is 14.7 Å². The quantitative estimate of drug-likeness (QED) is 0.801. The molecule has 2 N–H and O–H groups in total. The minimum atomic E-state index is 0.0302. The molecule has 0 aromatic carbocycles. The van der Waals surface area contributed by atoms with E-state index < -0.39 is 0 Å². The number of carbonyl (C=O) groups is 2. The van der Waals surface area contributed by atoms with Gasteiger partial charge in [-0.25, -0.2) is 0 Å². The zero-order valence-corrected chi connectivity index (χ0v) is 16.4. The maximum Gasteiger partial charge on any atom is 0.274 e. The number of nitrogens with one attached hydrogen (secondary N) is 2. The summed E-state index contributed by atoms with van der Waals surface area (Å²) in [5.74, 6) is 2.05. The van der Waals surface area contributed by atoms with Gasteiger partial charge in [0.2, 0.25) is 5.91 Å². The first kappa shape index (κ1) is 18.8. The Hall–Kier alpha value is -2.57. The fourth-order valence-corrected chi connectivity index (χ4v) is 4.32. The summed E-state index contributed by atoms with van der Waals surface area (Å²) < 4.78 is 5.47. The van der Waals surface area contributed by atoms with Crippen molar-refractivity contribution in [2.24, 2.45) is 5.92 Å². The van der Waals surface area contributed by atoms with Crippen LogP contribution in [0.1, 0.15) is 65.4 Å². The number of nitrogens with zero attached hydrogens (tertiary/aromatic N) is 2. The largest absolute Gasteiger partial charge is 0.465 e. The Morgan fingerprint density at radius 2 is 2.21 bits per heavy atom. The highest BCUT2D eigenvalue weighted by Crippen LogP contribution is 2.26. The van der Waals surface area contributed by atoms with Crippen molar-refractivity contribution in [1.82, 2.24) is 20.4 Å². The highest BCUT2D eigenvalue weighted by Gasteiger charge is 2.30. The summed E-state index contributed by atoms with van der Waals surface area (Å²) in [7, 11) is 0. The highest BCUT2D eigenvalue weighted by molar-refractivity contribution is 5.94. The topological polar surface area (TPSA) is 91.2 Å². The van der Waals surface area contributed by atoms with E-state index >= 15 is 0 Å². The summed E-state index contributed by atoms with van der Waals surface area (Å²) in [4.78, 5) is 27.0. The van der Waals surface area contributed by atoms with Crippen LogP contribution in [-0.2, 0) is 24.2 Å². The summed E-state index contributed by atoms with van der Waals surface area (Å²) in [5.41, 5.74) is 2.85. The summed E-state index contributed by atoms with van der Waals surface area (Å²) in [6.07, 6.45) is 6.35. The molecule has 2 aromatic heterocycles. The van der Waals surface area contributed by atoms with Gasteiger partial charge in [-0.05, 0) is 63.5 Å². The third-order valence-electron chi connectivity index (χ3n) is 5.85. The predicted octanol–water partition coefficient (Wildman–Crippen LogP) is 2.75. The average Bonchev–Trinajstić information content (AvgIpc) is 3.41. The zero-order chi connectivity index (χ0) is 19.5. The maximum absolute atomic E-state index is 12.9. The number of H-pyrrole nitrogens is 1. The van der Waals surface area contributed by atoms with Crippen LogP contribution in [0.5, 0.6) is 0 Å². The van der Waals surface area contributed by atoms with Crippen molar-refractivity contribution in [2.45, 2.75) is 58.4 Å². The number of hydrogen-bond donors (Lipinski definition) is 2. The van der Waals surface area contributed by atoms with Gasteiger partial charge in [-0.2, -0.15) is 5.10 Å². The Morgan fingerprint density at radius 1 is 1.32 bits per heavy atom. The number of aryl methyl sites for hydroxylation is 2. The molecule has 1 fully saturated rings. The molecular weight excluding hydrogens is 356 g/mol. The zero-order valence-electron chi connectivity index (χ0n) is 16.4. The van der Waals surface area contributed by atoms with Gasteiger partial charge < -0.3 is 14.6 Å². The van der Waals surface area contributed by atoms with Gasteiger partial charge >= 0.3 is 0 Å². The second-order valence-electron chi connectivity index (χ2n) is 7.97. The molecule has 2 aromatic rings. The number of furan rings is 1. The second kappa shape index (κ2) is 8.20. The minimum Gasteiger partial charge on any atom is -0.465 e. The van der Waals surface area contributed by atoms with E-state index in [0.717, 1.165) is 67.8 Å². The maximum atomic E-state index is 12.9. The van der Waals surface area contributed by atoms with Crippen molar-refractivity contribution in [2.75, 3.05) is 13.1 Å². The fourth-order valence-electron chi connectivity index (χ4n) is 4.32. The van der Waals surface area contributed by atoms with E-state index in [1.807, 2.05) is 24.0 Å². The van der Waals surface area contributed by atoms with E-state index in [1.54, 1.807) is 0 Å². The van der Waals surface area contributed by atoms with Crippen LogP contribution in [0.4, 0.5) is 0 Å². The molecule has 1 unspecified atom stereocenters. The normalized spacial score (nSPS) is 18.9. The summed E-state index contributed by atoms with van der Waals surface area (Å²) >= 11 is 0. The number of aromatic nitrogens is 2. The molecule has 3 heterocycles. The van der Waals surface area contributed by atoms with Crippen molar-refractivity contribution >= 4 is 11.8 Å². The molecule has 1 saturated heterocycles. The van der Waals surface area contributed by atoms with Crippen molar-refractivity contribution in [1.29, 1.82) is 0 Å². The first-order valence-corrected chi connectivity index (χ1v) is 10.3. The van der Waals surface area contributed by atoms with Crippen molar-refractivity contribution < 1.29 is 14.0 Å². The number of piperidine rings is 1. The van der Waals surface area contributed by atoms with E-state index in [9.17, 15) is 9.59 Å². The van der Waals surface area contributed by atoms with Crippen LogP contribution >= 0.6 is 0 Å². The summed E-state index contributed by atoms with van der Waals surface area (Å²) in [6, 6.07) is 3.77. The second-order valence-corrected chi connectivity index (χ2v) is 7.97. The lowest BCUT2D eigenvalue weighted by molar-refractivity contribution is -0.121. The Labute approximate surface area is 164 Å². The van der Waals surface area contributed by atoms with Crippen LogP contribution in [0.2, 0.25) is 0 Å². The van der Waals surface area contributed by atoms with E-state index in [4.69, 9.17) is 4.42 Å². The number of likely N-dealkylation sites (tertiary alicyclic amines) is 1. The number of hydrogen-bond acceptors (Lipinski definition) is 4. The predicted molar refractivity (Wildman–Crippen MR) is 104 cm³/mol. The molecule has 1 aliphatic carbocycles. The van der Waals surface area contributed by atoms with Gasteiger partial charge in [0, 0.05) is 30.8 Å². The van der Waals surface area contributed by atoms with Gasteiger partial charge in [-0.15, -0.1) is 0 Å². The molecule has 7 nitrogen and oxygen atoms in total. The molecule has 7 heteroatoms. The standard InChI is InChI=1S/C21H28N4O3/c1-14-7-9-16(28-14)12-22-19(26)10-8-15-4-3-11-25(13-15)21(27)20-17-5-2-6-18(17)23-24-20/h7,9,15H,2-6,8,10-13H2,1H3,(H,22,26)(H,23,24). The molecule has 1 aliphatic heterocycles. The molecule has 0 radical (unpaired) electrons. The van der Waals surface area contributed by atoms with Crippen LogP contribution in [0.15, 0.2) is 16.5 Å². The third kappa shape index (κ3) is 4.13. The van der Waals surface area contributed by atoms with Gasteiger partial charge in [-0.1, -0.05) is 0 Å². The van der Waals surface area contributed by atoms with E-state index in [-0.39, 0.29) is 11.8 Å². The van der Waals surface area contributed by atoms with Gasteiger partial charge in [0.25, 0.3) is 5.91 Å². The molecule has 28 heavy (non-hydrogen) atoms.